The van der Waals surface area contributed by atoms with Gasteiger partial charge in [-0.15, -0.1) is 0 Å². The quantitative estimate of drug-likeness (QED) is 0.686. The number of carbonyl (C=O) groups is 1. The van der Waals surface area contributed by atoms with Crippen LogP contribution >= 0.6 is 0 Å². The maximum atomic E-state index is 11.7. The molecule has 0 radical (unpaired) electrons. The Morgan fingerprint density at radius 2 is 2.10 bits per heavy atom. The molecule has 0 aromatic rings. The van der Waals surface area contributed by atoms with Gasteiger partial charge in [0.1, 0.15) is 0 Å². The second-order valence-corrected chi connectivity index (χ2v) is 6.89. The number of nitrogens with zero attached hydrogens (tertiary/aromatic N) is 1. The highest BCUT2D eigenvalue weighted by atomic mass is 16.1. The van der Waals surface area contributed by atoms with Crippen LogP contribution in [0.5, 0.6) is 0 Å². The Morgan fingerprint density at radius 1 is 1.33 bits per heavy atom. The fraction of sp³-hybridized carbons (Fsp3) is 0.941. The molecule has 2 unspecified atom stereocenters. The zero-order valence-electron chi connectivity index (χ0n) is 14.5. The highest BCUT2D eigenvalue weighted by Crippen LogP contribution is 2.19. The van der Waals surface area contributed by atoms with Crippen molar-refractivity contribution >= 4 is 5.91 Å². The third kappa shape index (κ3) is 7.82. The van der Waals surface area contributed by atoms with E-state index < -0.39 is 0 Å². The molecule has 2 N–H and O–H groups in total. The van der Waals surface area contributed by atoms with Gasteiger partial charge >= 0.3 is 0 Å². The molecule has 4 nitrogen and oxygen atoms in total. The normalized spacial score (nSPS) is 21.5. The molecule has 21 heavy (non-hydrogen) atoms. The van der Waals surface area contributed by atoms with Gasteiger partial charge in [0.25, 0.3) is 0 Å². The van der Waals surface area contributed by atoms with Crippen molar-refractivity contribution in [1.29, 1.82) is 0 Å². The minimum atomic E-state index is 0.166. The van der Waals surface area contributed by atoms with Gasteiger partial charge in [0.2, 0.25) is 5.91 Å². The van der Waals surface area contributed by atoms with Crippen LogP contribution in [0.15, 0.2) is 0 Å². The highest BCUT2D eigenvalue weighted by molar-refractivity contribution is 5.76. The molecule has 4 heteroatoms. The summed E-state index contributed by atoms with van der Waals surface area (Å²) in [5.74, 6) is 1.41. The van der Waals surface area contributed by atoms with Crippen LogP contribution in [0.3, 0.4) is 0 Å². The van der Waals surface area contributed by atoms with E-state index in [9.17, 15) is 4.79 Å². The van der Waals surface area contributed by atoms with E-state index in [1.807, 2.05) is 0 Å². The van der Waals surface area contributed by atoms with Crippen LogP contribution in [0.2, 0.25) is 0 Å². The van der Waals surface area contributed by atoms with E-state index >= 15 is 0 Å². The topological polar surface area (TPSA) is 44.4 Å². The lowest BCUT2D eigenvalue weighted by molar-refractivity contribution is -0.121. The summed E-state index contributed by atoms with van der Waals surface area (Å²) in [6, 6.07) is 0.502. The number of hydrogen-bond donors (Lipinski definition) is 2. The lowest BCUT2D eigenvalue weighted by Gasteiger charge is -2.36. The van der Waals surface area contributed by atoms with Crippen LogP contribution in [0.1, 0.15) is 53.4 Å². The Bertz CT molecular complexity index is 292. The van der Waals surface area contributed by atoms with Crippen molar-refractivity contribution in [2.45, 2.75) is 59.4 Å². The average molecular weight is 297 g/mol. The maximum absolute atomic E-state index is 11.7. The third-order valence-corrected chi connectivity index (χ3v) is 4.31. The van der Waals surface area contributed by atoms with Crippen LogP contribution < -0.4 is 10.6 Å². The summed E-state index contributed by atoms with van der Waals surface area (Å²) in [6.07, 6.45) is 4.45. The smallest absolute Gasteiger partial charge is 0.221 e. The molecule has 0 saturated carbocycles. The van der Waals surface area contributed by atoms with E-state index in [0.29, 0.717) is 18.4 Å². The van der Waals surface area contributed by atoms with Crippen molar-refractivity contribution in [3.63, 3.8) is 0 Å². The van der Waals surface area contributed by atoms with Gasteiger partial charge < -0.3 is 15.5 Å². The largest absolute Gasteiger partial charge is 0.356 e. The molecule has 2 atom stereocenters. The fourth-order valence-electron chi connectivity index (χ4n) is 3.01. The maximum Gasteiger partial charge on any atom is 0.221 e. The van der Waals surface area contributed by atoms with Gasteiger partial charge in [0, 0.05) is 32.1 Å². The summed E-state index contributed by atoms with van der Waals surface area (Å²) >= 11 is 0. The number of likely N-dealkylation sites (tertiary alicyclic amines) is 1. The van der Waals surface area contributed by atoms with Crippen LogP contribution in [-0.4, -0.2) is 49.6 Å². The number of carbonyl (C=O) groups excluding carboxylic acids is 1. The van der Waals surface area contributed by atoms with Gasteiger partial charge in [-0.3, -0.25) is 4.79 Å². The van der Waals surface area contributed by atoms with Crippen LogP contribution in [0, 0.1) is 11.8 Å². The monoisotopic (exact) mass is 297 g/mol. The first-order valence-corrected chi connectivity index (χ1v) is 8.75. The molecule has 1 aliphatic rings. The number of amides is 1. The predicted molar refractivity (Wildman–Crippen MR) is 89.4 cm³/mol. The highest BCUT2D eigenvalue weighted by Gasteiger charge is 2.23. The molecule has 1 heterocycles. The molecule has 1 fully saturated rings. The summed E-state index contributed by atoms with van der Waals surface area (Å²) in [7, 11) is 0. The molecule has 1 rings (SSSR count). The molecule has 0 aromatic carbocycles. The summed E-state index contributed by atoms with van der Waals surface area (Å²) < 4.78 is 0. The van der Waals surface area contributed by atoms with E-state index in [0.717, 1.165) is 19.0 Å². The van der Waals surface area contributed by atoms with Gasteiger partial charge in [-0.2, -0.15) is 0 Å². The van der Waals surface area contributed by atoms with Crippen molar-refractivity contribution in [2.24, 2.45) is 11.8 Å². The zero-order valence-corrected chi connectivity index (χ0v) is 14.5. The Hall–Kier alpha value is -0.610. The van der Waals surface area contributed by atoms with E-state index in [1.54, 1.807) is 0 Å². The van der Waals surface area contributed by atoms with Gasteiger partial charge in [0.05, 0.1) is 0 Å². The summed E-state index contributed by atoms with van der Waals surface area (Å²) in [5.41, 5.74) is 0. The Kier molecular flexibility index (Phi) is 8.93. The molecular weight excluding hydrogens is 262 g/mol. The summed E-state index contributed by atoms with van der Waals surface area (Å²) in [4.78, 5) is 14.3. The second-order valence-electron chi connectivity index (χ2n) is 6.89. The summed E-state index contributed by atoms with van der Waals surface area (Å²) in [6.45, 7) is 14.0. The first kappa shape index (κ1) is 18.4. The first-order chi connectivity index (χ1) is 10.0. The van der Waals surface area contributed by atoms with E-state index in [2.05, 4.69) is 43.2 Å². The van der Waals surface area contributed by atoms with Gasteiger partial charge in [0.15, 0.2) is 0 Å². The summed E-state index contributed by atoms with van der Waals surface area (Å²) in [5, 5.41) is 6.52. The average Bonchev–Trinajstić information content (AvgIpc) is 2.45. The Morgan fingerprint density at radius 3 is 2.76 bits per heavy atom. The van der Waals surface area contributed by atoms with Crippen LogP contribution in [0.25, 0.3) is 0 Å². The SMILES string of the molecule is CCCN1CCCC(C(C)NCCC(=O)NCC(C)C)C1. The second kappa shape index (κ2) is 10.2. The van der Waals surface area contributed by atoms with Crippen LogP contribution in [0.4, 0.5) is 0 Å². The molecular formula is C17H35N3O. The first-order valence-electron chi connectivity index (χ1n) is 8.75. The number of rotatable bonds is 9. The van der Waals surface area contributed by atoms with Crippen molar-refractivity contribution < 1.29 is 4.79 Å². The number of piperidine rings is 1. The Labute approximate surface area is 131 Å². The molecule has 0 spiro atoms. The standard InChI is InChI=1S/C17H35N3O/c1-5-10-20-11-6-7-16(13-20)15(4)18-9-8-17(21)19-12-14(2)3/h14-16,18H,5-13H2,1-4H3,(H,19,21). The minimum absolute atomic E-state index is 0.166. The Balaban J connectivity index is 2.17. The number of nitrogens with one attached hydrogen (secondary N) is 2. The molecule has 0 aromatic heterocycles. The van der Waals surface area contributed by atoms with E-state index in [-0.39, 0.29) is 5.91 Å². The van der Waals surface area contributed by atoms with E-state index in [4.69, 9.17) is 0 Å². The third-order valence-electron chi connectivity index (χ3n) is 4.31. The fourth-order valence-corrected chi connectivity index (χ4v) is 3.01. The minimum Gasteiger partial charge on any atom is -0.356 e. The van der Waals surface area contributed by atoms with E-state index in [1.165, 1.54) is 38.9 Å². The van der Waals surface area contributed by atoms with Crippen molar-refractivity contribution in [3.8, 4) is 0 Å². The van der Waals surface area contributed by atoms with Crippen molar-refractivity contribution in [2.75, 3.05) is 32.7 Å². The molecule has 0 bridgehead atoms. The van der Waals surface area contributed by atoms with Crippen molar-refractivity contribution in [3.05, 3.63) is 0 Å². The molecule has 124 valence electrons. The lowest BCUT2D eigenvalue weighted by atomic mass is 9.91. The van der Waals surface area contributed by atoms with Gasteiger partial charge in [-0.1, -0.05) is 20.8 Å². The lowest BCUT2D eigenvalue weighted by Crippen LogP contribution is -2.45. The van der Waals surface area contributed by atoms with Crippen molar-refractivity contribution in [1.82, 2.24) is 15.5 Å². The van der Waals surface area contributed by atoms with Gasteiger partial charge in [-0.25, -0.2) is 0 Å². The number of hydrogen-bond acceptors (Lipinski definition) is 3. The molecule has 0 aliphatic carbocycles. The molecule has 1 saturated heterocycles. The zero-order chi connectivity index (χ0) is 15.7. The molecule has 1 aliphatic heterocycles. The van der Waals surface area contributed by atoms with Crippen LogP contribution in [-0.2, 0) is 4.79 Å². The van der Waals surface area contributed by atoms with Gasteiger partial charge in [-0.05, 0) is 51.1 Å². The predicted octanol–water partition coefficient (Wildman–Crippen LogP) is 2.25. The molecule has 1 amide bonds.